The topological polar surface area (TPSA) is 171 Å². The molecule has 154 valence electrons. The zero-order valence-corrected chi connectivity index (χ0v) is 16.8. The average molecular weight is 374 g/mol. The number of amides is 4. The number of hydrazine groups is 2. The SMILES string of the molecule is CC(CCCN(N)C(N)=O)CN(N)C(N)=O.CC1CC(N)CC(C)(C)C1. The number of primary amides is 2. The van der Waals surface area contributed by atoms with Gasteiger partial charge in [-0.25, -0.2) is 21.3 Å². The Morgan fingerprint density at radius 2 is 1.65 bits per heavy atom. The van der Waals surface area contributed by atoms with Gasteiger partial charge in [0.25, 0.3) is 0 Å². The standard InChI is InChI=1S/C9H19N.C8H20N6O2/c1-7-4-8(10)6-9(2,3)5-7;1-6(5-14(12)8(10)16)3-2-4-13(11)7(9)15/h7-8H,4-6,10H2,1-3H3;6H,2-5,11-12H2,1H3,(H2,9,15)(H2,10,16). The van der Waals surface area contributed by atoms with Crippen LogP contribution in [0.3, 0.4) is 0 Å². The number of hydrogen-bond donors (Lipinski definition) is 5. The van der Waals surface area contributed by atoms with Crippen LogP contribution in [0.15, 0.2) is 0 Å². The molecule has 0 aromatic heterocycles. The Balaban J connectivity index is 0.000000531. The maximum absolute atomic E-state index is 10.6. The molecule has 0 heterocycles. The van der Waals surface area contributed by atoms with Crippen LogP contribution >= 0.6 is 0 Å². The fraction of sp³-hybridized carbons (Fsp3) is 0.882. The summed E-state index contributed by atoms with van der Waals surface area (Å²) >= 11 is 0. The third-order valence-corrected chi connectivity index (χ3v) is 4.59. The highest BCUT2D eigenvalue weighted by atomic mass is 16.2. The molecule has 0 aromatic carbocycles. The first-order chi connectivity index (χ1) is 11.8. The number of carbonyl (C=O) groups excluding carboxylic acids is 2. The van der Waals surface area contributed by atoms with Crippen LogP contribution in [-0.4, -0.2) is 41.2 Å². The molecule has 1 saturated carbocycles. The first-order valence-electron chi connectivity index (χ1n) is 9.23. The van der Waals surface area contributed by atoms with Crippen LogP contribution in [0.5, 0.6) is 0 Å². The van der Waals surface area contributed by atoms with Crippen molar-refractivity contribution in [1.82, 2.24) is 10.0 Å². The molecule has 3 atom stereocenters. The van der Waals surface area contributed by atoms with E-state index >= 15 is 0 Å². The average Bonchev–Trinajstić information content (AvgIpc) is 2.44. The van der Waals surface area contributed by atoms with Crippen molar-refractivity contribution in [1.29, 1.82) is 0 Å². The van der Waals surface area contributed by atoms with Crippen LogP contribution < -0.4 is 28.9 Å². The lowest BCUT2D eigenvalue weighted by Gasteiger charge is -2.37. The summed E-state index contributed by atoms with van der Waals surface area (Å²) in [6, 6.07) is -0.867. The van der Waals surface area contributed by atoms with E-state index in [1.165, 1.54) is 19.3 Å². The van der Waals surface area contributed by atoms with Gasteiger partial charge in [0.15, 0.2) is 0 Å². The second kappa shape index (κ2) is 11.2. The molecule has 0 spiro atoms. The third kappa shape index (κ3) is 11.1. The van der Waals surface area contributed by atoms with Crippen molar-refractivity contribution < 1.29 is 9.59 Å². The van der Waals surface area contributed by atoms with E-state index in [2.05, 4.69) is 20.8 Å². The van der Waals surface area contributed by atoms with Crippen molar-refractivity contribution >= 4 is 12.1 Å². The minimum absolute atomic E-state index is 0.179. The van der Waals surface area contributed by atoms with Gasteiger partial charge in [-0.15, -0.1) is 0 Å². The zero-order chi connectivity index (χ0) is 20.5. The molecule has 0 radical (unpaired) electrons. The van der Waals surface area contributed by atoms with Crippen molar-refractivity contribution in [2.24, 2.45) is 46.1 Å². The van der Waals surface area contributed by atoms with Crippen LogP contribution in [0.1, 0.15) is 59.8 Å². The van der Waals surface area contributed by atoms with Crippen LogP contribution in [0.4, 0.5) is 9.59 Å². The van der Waals surface area contributed by atoms with Gasteiger partial charge in [-0.3, -0.25) is 10.0 Å². The van der Waals surface area contributed by atoms with Gasteiger partial charge in [-0.2, -0.15) is 0 Å². The molecule has 0 saturated heterocycles. The fourth-order valence-electron chi connectivity index (χ4n) is 3.66. The number of rotatable bonds is 6. The molecule has 4 amide bonds. The Morgan fingerprint density at radius 3 is 2.08 bits per heavy atom. The summed E-state index contributed by atoms with van der Waals surface area (Å²) in [6.07, 6.45) is 5.23. The highest BCUT2D eigenvalue weighted by molar-refractivity contribution is 5.71. The van der Waals surface area contributed by atoms with Gasteiger partial charge in [0.1, 0.15) is 0 Å². The van der Waals surface area contributed by atoms with Gasteiger partial charge in [-0.05, 0) is 49.4 Å². The van der Waals surface area contributed by atoms with E-state index in [1.807, 2.05) is 6.92 Å². The van der Waals surface area contributed by atoms with E-state index in [1.54, 1.807) is 0 Å². The lowest BCUT2D eigenvalue weighted by molar-refractivity contribution is 0.170. The molecule has 1 rings (SSSR count). The molecule has 9 heteroatoms. The van der Waals surface area contributed by atoms with E-state index in [4.69, 9.17) is 28.9 Å². The van der Waals surface area contributed by atoms with Gasteiger partial charge in [-0.1, -0.05) is 27.7 Å². The van der Waals surface area contributed by atoms with E-state index in [-0.39, 0.29) is 5.92 Å². The summed E-state index contributed by atoms with van der Waals surface area (Å²) in [6.45, 7) is 9.62. The number of carbonyl (C=O) groups is 2. The molecule has 0 bridgehead atoms. The largest absolute Gasteiger partial charge is 0.350 e. The monoisotopic (exact) mass is 373 g/mol. The number of hydrogen-bond acceptors (Lipinski definition) is 5. The Labute approximate surface area is 157 Å². The summed E-state index contributed by atoms with van der Waals surface area (Å²) in [5, 5.41) is 1.90. The first-order valence-corrected chi connectivity index (χ1v) is 9.23. The van der Waals surface area contributed by atoms with Gasteiger partial charge >= 0.3 is 12.1 Å². The Kier molecular flexibility index (Phi) is 10.5. The second-order valence-corrected chi connectivity index (χ2v) is 8.44. The molecule has 1 aliphatic rings. The Hall–Kier alpha value is -1.58. The quantitative estimate of drug-likeness (QED) is 0.266. The number of nitrogens with zero attached hydrogens (tertiary/aromatic N) is 2. The molecular formula is C17H39N7O2. The number of nitrogens with two attached hydrogens (primary N) is 5. The number of urea groups is 2. The predicted octanol–water partition coefficient (Wildman–Crippen LogP) is 1.07. The maximum atomic E-state index is 10.6. The summed E-state index contributed by atoms with van der Waals surface area (Å²) < 4.78 is 0. The maximum Gasteiger partial charge on any atom is 0.328 e. The summed E-state index contributed by atoms with van der Waals surface area (Å²) in [5.41, 5.74) is 16.3. The van der Waals surface area contributed by atoms with Gasteiger partial charge in [0.05, 0.1) is 0 Å². The van der Waals surface area contributed by atoms with Gasteiger partial charge in [0, 0.05) is 19.1 Å². The molecule has 1 fully saturated rings. The van der Waals surface area contributed by atoms with Crippen LogP contribution in [0.25, 0.3) is 0 Å². The van der Waals surface area contributed by atoms with E-state index < -0.39 is 12.1 Å². The van der Waals surface area contributed by atoms with Gasteiger partial charge < -0.3 is 17.2 Å². The van der Waals surface area contributed by atoms with Crippen molar-refractivity contribution in [3.05, 3.63) is 0 Å². The van der Waals surface area contributed by atoms with Crippen molar-refractivity contribution in [3.8, 4) is 0 Å². The summed E-state index contributed by atoms with van der Waals surface area (Å²) in [7, 11) is 0. The fourth-order valence-corrected chi connectivity index (χ4v) is 3.66. The highest BCUT2D eigenvalue weighted by Crippen LogP contribution is 2.37. The minimum atomic E-state index is -0.663. The lowest BCUT2D eigenvalue weighted by atomic mass is 9.71. The Bertz CT molecular complexity index is 433. The van der Waals surface area contributed by atoms with Crippen LogP contribution in [0, 0.1) is 17.3 Å². The second-order valence-electron chi connectivity index (χ2n) is 8.44. The van der Waals surface area contributed by atoms with Crippen molar-refractivity contribution in [2.45, 2.75) is 65.8 Å². The molecule has 26 heavy (non-hydrogen) atoms. The molecule has 0 aliphatic heterocycles. The van der Waals surface area contributed by atoms with Crippen molar-refractivity contribution in [2.75, 3.05) is 13.1 Å². The van der Waals surface area contributed by atoms with E-state index in [0.29, 0.717) is 31.0 Å². The smallest absolute Gasteiger partial charge is 0.328 e. The lowest BCUT2D eigenvalue weighted by Crippen LogP contribution is -2.44. The Morgan fingerprint density at radius 1 is 1.12 bits per heavy atom. The molecule has 3 unspecified atom stereocenters. The van der Waals surface area contributed by atoms with Gasteiger partial charge in [0.2, 0.25) is 0 Å². The normalized spacial score (nSPS) is 22.6. The molecule has 0 aromatic rings. The zero-order valence-electron chi connectivity index (χ0n) is 16.8. The van der Waals surface area contributed by atoms with E-state index in [9.17, 15) is 9.59 Å². The first kappa shape index (κ1) is 24.4. The third-order valence-electron chi connectivity index (χ3n) is 4.59. The molecule has 10 N–H and O–H groups in total. The van der Waals surface area contributed by atoms with Crippen molar-refractivity contribution in [3.63, 3.8) is 0 Å². The molecule has 1 aliphatic carbocycles. The molecular weight excluding hydrogens is 334 g/mol. The van der Waals surface area contributed by atoms with Crippen LogP contribution in [0.2, 0.25) is 0 Å². The minimum Gasteiger partial charge on any atom is -0.350 e. The highest BCUT2D eigenvalue weighted by Gasteiger charge is 2.29. The predicted molar refractivity (Wildman–Crippen MR) is 104 cm³/mol. The van der Waals surface area contributed by atoms with E-state index in [0.717, 1.165) is 22.4 Å². The molecule has 9 nitrogen and oxygen atoms in total. The van der Waals surface area contributed by atoms with Crippen LogP contribution in [-0.2, 0) is 0 Å². The summed E-state index contributed by atoms with van der Waals surface area (Å²) in [5.74, 6) is 11.7. The summed E-state index contributed by atoms with van der Waals surface area (Å²) in [4.78, 5) is 21.2.